The monoisotopic (exact) mass is 343 g/mol. The number of rotatable bonds is 5. The summed E-state index contributed by atoms with van der Waals surface area (Å²) >= 11 is 5.78. The first kappa shape index (κ1) is 18.3. The molecule has 2 atom stereocenters. The van der Waals surface area contributed by atoms with E-state index in [9.17, 15) is 21.6 Å². The average Bonchev–Trinajstić information content (AvgIpc) is 2.24. The number of alkyl halides is 4. The first-order valence-corrected chi connectivity index (χ1v) is 8.20. The Morgan fingerprint density at radius 2 is 1.86 bits per heavy atom. The van der Waals surface area contributed by atoms with Gasteiger partial charge in [0, 0.05) is 11.4 Å². The van der Waals surface area contributed by atoms with Gasteiger partial charge in [0.25, 0.3) is 0 Å². The largest absolute Gasteiger partial charge is 0.416 e. The third-order valence-corrected chi connectivity index (χ3v) is 4.83. The van der Waals surface area contributed by atoms with E-state index in [1.807, 2.05) is 0 Å². The molecule has 1 aromatic rings. The van der Waals surface area contributed by atoms with Crippen molar-refractivity contribution < 1.29 is 21.6 Å². The topological polar surface area (TPSA) is 46.2 Å². The standard InChI is InChI=1S/C13H17ClF3NO2S/c1-8(14)7-9(2)18-21(19,20)12-6-4-5-11(10(12)3)13(15,16)17/h4-6,8-9,18H,7H2,1-3H3. The molecule has 1 N–H and O–H groups in total. The second kappa shape index (κ2) is 6.54. The molecule has 1 rings (SSSR count). The zero-order valence-electron chi connectivity index (χ0n) is 11.8. The predicted molar refractivity (Wildman–Crippen MR) is 75.9 cm³/mol. The molecule has 0 aliphatic carbocycles. The van der Waals surface area contributed by atoms with Crippen LogP contribution in [0.2, 0.25) is 0 Å². The van der Waals surface area contributed by atoms with Crippen LogP contribution in [0, 0.1) is 6.92 Å². The van der Waals surface area contributed by atoms with Crippen LogP contribution in [-0.2, 0) is 16.2 Å². The normalized spacial score (nSPS) is 15.8. The van der Waals surface area contributed by atoms with Gasteiger partial charge in [-0.25, -0.2) is 13.1 Å². The first-order valence-electron chi connectivity index (χ1n) is 6.28. The number of sulfonamides is 1. The van der Waals surface area contributed by atoms with E-state index in [2.05, 4.69) is 4.72 Å². The summed E-state index contributed by atoms with van der Waals surface area (Å²) in [5.74, 6) is 0. The Labute approximate surface area is 127 Å². The fraction of sp³-hybridized carbons (Fsp3) is 0.538. The van der Waals surface area contributed by atoms with Crippen LogP contribution in [-0.4, -0.2) is 19.8 Å². The van der Waals surface area contributed by atoms with E-state index in [0.29, 0.717) is 6.42 Å². The number of halogens is 4. The maximum atomic E-state index is 12.8. The van der Waals surface area contributed by atoms with Crippen LogP contribution >= 0.6 is 11.6 Å². The molecule has 0 amide bonds. The Bertz CT molecular complexity index is 600. The summed E-state index contributed by atoms with van der Waals surface area (Å²) < 4.78 is 65.2. The molecule has 0 aromatic heterocycles. The molecule has 0 fully saturated rings. The zero-order chi connectivity index (χ0) is 16.4. The van der Waals surface area contributed by atoms with Crippen molar-refractivity contribution in [2.24, 2.45) is 0 Å². The molecular formula is C13H17ClF3NO2S. The van der Waals surface area contributed by atoms with Crippen LogP contribution in [0.1, 0.15) is 31.4 Å². The van der Waals surface area contributed by atoms with Gasteiger partial charge in [0.2, 0.25) is 10.0 Å². The van der Waals surface area contributed by atoms with Gasteiger partial charge in [0.1, 0.15) is 0 Å². The Morgan fingerprint density at radius 3 is 2.33 bits per heavy atom. The van der Waals surface area contributed by atoms with Crippen LogP contribution in [0.25, 0.3) is 0 Å². The molecule has 3 nitrogen and oxygen atoms in total. The highest BCUT2D eigenvalue weighted by molar-refractivity contribution is 7.89. The molecule has 0 heterocycles. The lowest BCUT2D eigenvalue weighted by atomic mass is 10.1. The number of hydrogen-bond acceptors (Lipinski definition) is 2. The van der Waals surface area contributed by atoms with E-state index in [1.165, 1.54) is 0 Å². The molecule has 0 saturated carbocycles. The van der Waals surface area contributed by atoms with Crippen molar-refractivity contribution in [3.8, 4) is 0 Å². The summed E-state index contributed by atoms with van der Waals surface area (Å²) in [7, 11) is -4.03. The van der Waals surface area contributed by atoms with Gasteiger partial charge in [-0.15, -0.1) is 11.6 Å². The van der Waals surface area contributed by atoms with Gasteiger partial charge < -0.3 is 0 Å². The van der Waals surface area contributed by atoms with Gasteiger partial charge in [-0.1, -0.05) is 6.07 Å². The van der Waals surface area contributed by atoms with Crippen LogP contribution in [0.5, 0.6) is 0 Å². The molecule has 21 heavy (non-hydrogen) atoms. The summed E-state index contributed by atoms with van der Waals surface area (Å²) in [6.07, 6.45) is -4.22. The molecule has 0 aliphatic rings. The number of hydrogen-bond donors (Lipinski definition) is 1. The molecule has 0 spiro atoms. The molecule has 1 aromatic carbocycles. The molecule has 0 bridgehead atoms. The van der Waals surface area contributed by atoms with Gasteiger partial charge in [-0.05, 0) is 44.9 Å². The lowest BCUT2D eigenvalue weighted by molar-refractivity contribution is -0.138. The van der Waals surface area contributed by atoms with Gasteiger partial charge >= 0.3 is 6.18 Å². The van der Waals surface area contributed by atoms with E-state index in [-0.39, 0.29) is 15.8 Å². The Kier molecular flexibility index (Phi) is 5.69. The number of nitrogens with one attached hydrogen (secondary N) is 1. The van der Waals surface area contributed by atoms with Gasteiger partial charge in [-0.3, -0.25) is 0 Å². The Morgan fingerprint density at radius 1 is 1.29 bits per heavy atom. The van der Waals surface area contributed by atoms with Gasteiger partial charge in [-0.2, -0.15) is 13.2 Å². The van der Waals surface area contributed by atoms with Crippen LogP contribution < -0.4 is 4.72 Å². The molecule has 2 unspecified atom stereocenters. The molecule has 0 radical (unpaired) electrons. The van der Waals surface area contributed by atoms with Gasteiger partial charge in [0.15, 0.2) is 0 Å². The number of benzene rings is 1. The summed E-state index contributed by atoms with van der Waals surface area (Å²) in [6, 6.07) is 2.62. The molecular weight excluding hydrogens is 327 g/mol. The van der Waals surface area contributed by atoms with Crippen molar-refractivity contribution in [2.45, 2.75) is 49.7 Å². The van der Waals surface area contributed by atoms with Crippen molar-refractivity contribution in [1.82, 2.24) is 4.72 Å². The maximum absolute atomic E-state index is 12.8. The summed E-state index contributed by atoms with van der Waals surface area (Å²) in [4.78, 5) is -0.369. The summed E-state index contributed by atoms with van der Waals surface area (Å²) in [6.45, 7) is 4.47. The molecule has 0 saturated heterocycles. The smallest absolute Gasteiger partial charge is 0.208 e. The van der Waals surface area contributed by atoms with E-state index in [0.717, 1.165) is 25.1 Å². The lowest BCUT2D eigenvalue weighted by Gasteiger charge is -2.18. The minimum absolute atomic E-state index is 0.245. The van der Waals surface area contributed by atoms with E-state index >= 15 is 0 Å². The fourth-order valence-electron chi connectivity index (χ4n) is 2.08. The first-order chi connectivity index (χ1) is 9.45. The quantitative estimate of drug-likeness (QED) is 0.829. The van der Waals surface area contributed by atoms with E-state index < -0.39 is 27.8 Å². The Hall–Kier alpha value is -0.790. The minimum atomic E-state index is -4.59. The average molecular weight is 344 g/mol. The van der Waals surface area contributed by atoms with Crippen molar-refractivity contribution in [3.63, 3.8) is 0 Å². The van der Waals surface area contributed by atoms with Crippen molar-refractivity contribution in [3.05, 3.63) is 29.3 Å². The highest BCUT2D eigenvalue weighted by Crippen LogP contribution is 2.34. The Balaban J connectivity index is 3.16. The third kappa shape index (κ3) is 4.86. The lowest BCUT2D eigenvalue weighted by Crippen LogP contribution is -2.34. The summed E-state index contributed by atoms with van der Waals surface area (Å²) in [5.41, 5.74) is -1.27. The summed E-state index contributed by atoms with van der Waals surface area (Å²) in [5, 5.41) is -0.245. The fourth-order valence-corrected chi connectivity index (χ4v) is 3.87. The second-order valence-electron chi connectivity index (χ2n) is 4.97. The van der Waals surface area contributed by atoms with Crippen molar-refractivity contribution in [2.75, 3.05) is 0 Å². The van der Waals surface area contributed by atoms with Gasteiger partial charge in [0.05, 0.1) is 10.5 Å². The van der Waals surface area contributed by atoms with Crippen LogP contribution in [0.3, 0.4) is 0 Å². The third-order valence-electron chi connectivity index (χ3n) is 2.91. The van der Waals surface area contributed by atoms with E-state index in [1.54, 1.807) is 13.8 Å². The minimum Gasteiger partial charge on any atom is -0.208 e. The maximum Gasteiger partial charge on any atom is 0.416 e. The molecule has 120 valence electrons. The van der Waals surface area contributed by atoms with Crippen molar-refractivity contribution in [1.29, 1.82) is 0 Å². The van der Waals surface area contributed by atoms with Crippen molar-refractivity contribution >= 4 is 21.6 Å². The van der Waals surface area contributed by atoms with Crippen LogP contribution in [0.15, 0.2) is 23.1 Å². The zero-order valence-corrected chi connectivity index (χ0v) is 13.4. The molecule has 0 aliphatic heterocycles. The predicted octanol–water partition coefficient (Wildman–Crippen LogP) is 3.70. The SMILES string of the molecule is Cc1c(C(F)(F)F)cccc1S(=O)(=O)NC(C)CC(C)Cl. The van der Waals surface area contributed by atoms with Crippen LogP contribution in [0.4, 0.5) is 13.2 Å². The second-order valence-corrected chi connectivity index (χ2v) is 7.39. The van der Waals surface area contributed by atoms with E-state index in [4.69, 9.17) is 11.6 Å². The highest BCUT2D eigenvalue weighted by atomic mass is 35.5. The highest BCUT2D eigenvalue weighted by Gasteiger charge is 2.34. The molecule has 8 heteroatoms.